The Morgan fingerprint density at radius 1 is 0.897 bits per heavy atom. The van der Waals surface area contributed by atoms with E-state index in [1.807, 2.05) is 54.8 Å². The molecule has 300 valence electrons. The molecular weight excluding hydrogens is 806 g/mol. The average molecular weight is 847 g/mol. The molecule has 4 aromatic heterocycles. The number of halogens is 5. The first kappa shape index (κ1) is 40.8. The number of piperidine rings is 1. The van der Waals surface area contributed by atoms with Crippen LogP contribution in [-0.4, -0.2) is 51.3 Å². The number of carbonyl (C=O) groups excluding carboxylic acids is 1. The second-order valence-electron chi connectivity index (χ2n) is 13.7. The number of aromatic nitrogens is 4. The van der Waals surface area contributed by atoms with Gasteiger partial charge in [-0.3, -0.25) is 9.20 Å². The third-order valence-electron chi connectivity index (χ3n) is 9.90. The van der Waals surface area contributed by atoms with Crippen molar-refractivity contribution in [2.24, 2.45) is 0 Å². The number of aryl methyl sites for hydroxylation is 1. The van der Waals surface area contributed by atoms with Gasteiger partial charge in [-0.05, 0) is 108 Å². The molecule has 0 aliphatic carbocycles. The highest BCUT2D eigenvalue weighted by Gasteiger charge is 2.31. The van der Waals surface area contributed by atoms with Crippen molar-refractivity contribution in [3.63, 3.8) is 0 Å². The molecule has 0 spiro atoms. The maximum absolute atomic E-state index is 13.0. The summed E-state index contributed by atoms with van der Waals surface area (Å²) in [5, 5.41) is 9.70. The molecule has 0 bridgehead atoms. The van der Waals surface area contributed by atoms with E-state index in [1.165, 1.54) is 17.7 Å². The van der Waals surface area contributed by atoms with Gasteiger partial charge >= 0.3 is 6.36 Å². The molecule has 0 radical (unpaired) electrons. The van der Waals surface area contributed by atoms with Crippen LogP contribution >= 0.6 is 34.5 Å². The zero-order valence-electron chi connectivity index (χ0n) is 31.5. The minimum atomic E-state index is -4.68. The van der Waals surface area contributed by atoms with Crippen molar-refractivity contribution < 1.29 is 22.7 Å². The molecule has 1 aliphatic rings. The minimum Gasteiger partial charge on any atom is -0.406 e. The third-order valence-corrected chi connectivity index (χ3v) is 11.3. The van der Waals surface area contributed by atoms with Crippen molar-refractivity contribution in [1.29, 1.82) is 0 Å². The van der Waals surface area contributed by atoms with Crippen LogP contribution in [-0.2, 0) is 19.4 Å². The Hall–Kier alpha value is -5.37. The van der Waals surface area contributed by atoms with Crippen LogP contribution in [0.2, 0.25) is 10.0 Å². The van der Waals surface area contributed by atoms with Crippen LogP contribution in [0.25, 0.3) is 15.9 Å². The van der Waals surface area contributed by atoms with Crippen molar-refractivity contribution in [1.82, 2.24) is 24.7 Å². The molecule has 0 unspecified atom stereocenters. The standard InChI is InChI=1S/C29H28ClF3N4O2.C14H12ClN3S/c1-2-25-27(37-18-22(30)7-12-26(37)35-25)28(38)34-17-19-3-8-23(9-4-19)36-15-13-21(14-16-36)20-5-10-24(11-6-20)39-29(31,32)33;15-11-3-1-10(2-4-11)5-7-16-14-13-12(6-8-19-13)17-9-18-14/h3-12,18,21H,2,13-17H2,1H3,(H,34,38);1-4,6,8-9H,5,7H2,(H,16,17,18). The van der Waals surface area contributed by atoms with Gasteiger partial charge in [0, 0.05) is 43.1 Å². The number of thiophene rings is 1. The van der Waals surface area contributed by atoms with E-state index in [-0.39, 0.29) is 17.6 Å². The van der Waals surface area contributed by atoms with E-state index >= 15 is 0 Å². The molecule has 1 saturated heterocycles. The van der Waals surface area contributed by atoms with Gasteiger partial charge in [-0.1, -0.05) is 66.5 Å². The highest BCUT2D eigenvalue weighted by atomic mass is 35.5. The Bertz CT molecular complexity index is 2450. The maximum atomic E-state index is 13.0. The Morgan fingerprint density at radius 2 is 1.60 bits per heavy atom. The van der Waals surface area contributed by atoms with Gasteiger partial charge in [0.1, 0.15) is 29.2 Å². The van der Waals surface area contributed by atoms with Gasteiger partial charge in [0.25, 0.3) is 5.91 Å². The quantitative estimate of drug-likeness (QED) is 0.134. The number of hydrogen-bond donors (Lipinski definition) is 2. The number of benzene rings is 3. The fourth-order valence-electron chi connectivity index (χ4n) is 6.95. The van der Waals surface area contributed by atoms with E-state index in [9.17, 15) is 18.0 Å². The number of nitrogens with zero attached hydrogens (tertiary/aromatic N) is 5. The van der Waals surface area contributed by atoms with Crippen LogP contribution in [0.15, 0.2) is 109 Å². The second kappa shape index (κ2) is 18.5. The lowest BCUT2D eigenvalue weighted by Gasteiger charge is -2.34. The van der Waals surface area contributed by atoms with Crippen molar-refractivity contribution >= 4 is 67.8 Å². The van der Waals surface area contributed by atoms with Gasteiger partial charge in [0.05, 0.1) is 20.9 Å². The number of anilines is 2. The van der Waals surface area contributed by atoms with E-state index in [1.54, 1.807) is 52.5 Å². The van der Waals surface area contributed by atoms with E-state index in [4.69, 9.17) is 23.2 Å². The second-order valence-corrected chi connectivity index (χ2v) is 15.5. The lowest BCUT2D eigenvalue weighted by atomic mass is 9.89. The fourth-order valence-corrected chi connectivity index (χ4v) is 8.05. The first-order valence-electron chi connectivity index (χ1n) is 18.8. The molecule has 2 N–H and O–H groups in total. The Balaban J connectivity index is 0.000000224. The van der Waals surface area contributed by atoms with E-state index < -0.39 is 6.36 Å². The van der Waals surface area contributed by atoms with Crippen LogP contribution in [0.3, 0.4) is 0 Å². The summed E-state index contributed by atoms with van der Waals surface area (Å²) in [5.41, 5.74) is 7.26. The van der Waals surface area contributed by atoms with Gasteiger partial charge in [0.15, 0.2) is 0 Å². The number of ether oxygens (including phenoxy) is 1. The molecule has 1 amide bonds. The summed E-state index contributed by atoms with van der Waals surface area (Å²) in [4.78, 5) is 28.4. The number of rotatable bonds is 11. The summed E-state index contributed by atoms with van der Waals surface area (Å²) in [5.74, 6) is 0.798. The zero-order chi connectivity index (χ0) is 40.6. The predicted molar refractivity (Wildman–Crippen MR) is 226 cm³/mol. The normalized spacial score (nSPS) is 13.3. The monoisotopic (exact) mass is 845 g/mol. The summed E-state index contributed by atoms with van der Waals surface area (Å²) >= 11 is 13.7. The number of fused-ring (bicyclic) bond motifs is 2. The molecule has 15 heteroatoms. The van der Waals surface area contributed by atoms with E-state index in [0.717, 1.165) is 82.5 Å². The topological polar surface area (TPSA) is 96.7 Å². The molecule has 0 atom stereocenters. The molecule has 3 aromatic carbocycles. The molecule has 5 heterocycles. The van der Waals surface area contributed by atoms with Crippen molar-refractivity contribution in [3.05, 3.63) is 147 Å². The molecule has 9 nitrogen and oxygen atoms in total. The van der Waals surface area contributed by atoms with Crippen LogP contribution in [0, 0.1) is 0 Å². The first-order chi connectivity index (χ1) is 28.0. The largest absolute Gasteiger partial charge is 0.573 e. The summed E-state index contributed by atoms with van der Waals surface area (Å²) in [6.07, 6.45) is 1.99. The smallest absolute Gasteiger partial charge is 0.406 e. The SMILES string of the molecule is CCc1nc2ccc(Cl)cn2c1C(=O)NCc1ccc(N2CCC(c3ccc(OC(F)(F)F)cc3)CC2)cc1.Clc1ccc(CCNc2ncnc3ccsc23)cc1. The van der Waals surface area contributed by atoms with Crippen LogP contribution in [0.4, 0.5) is 24.7 Å². The zero-order valence-corrected chi connectivity index (χ0v) is 33.8. The number of nitrogens with one attached hydrogen (secondary N) is 2. The minimum absolute atomic E-state index is 0.200. The van der Waals surface area contributed by atoms with Gasteiger partial charge < -0.3 is 20.3 Å². The summed E-state index contributed by atoms with van der Waals surface area (Å²) in [7, 11) is 0. The number of alkyl halides is 3. The van der Waals surface area contributed by atoms with Crippen LogP contribution < -0.4 is 20.3 Å². The molecule has 1 aliphatic heterocycles. The van der Waals surface area contributed by atoms with Crippen molar-refractivity contribution in [2.45, 2.75) is 51.4 Å². The van der Waals surface area contributed by atoms with Crippen LogP contribution in [0.1, 0.15) is 58.6 Å². The summed E-state index contributed by atoms with van der Waals surface area (Å²) in [6.45, 7) is 4.87. The van der Waals surface area contributed by atoms with E-state index in [0.29, 0.717) is 29.3 Å². The molecule has 0 saturated carbocycles. The first-order valence-corrected chi connectivity index (χ1v) is 20.5. The number of hydrogen-bond acceptors (Lipinski definition) is 8. The van der Waals surface area contributed by atoms with Crippen molar-refractivity contribution in [2.75, 3.05) is 29.9 Å². The summed E-state index contributed by atoms with van der Waals surface area (Å²) in [6, 6.07) is 27.8. The highest BCUT2D eigenvalue weighted by molar-refractivity contribution is 7.17. The Morgan fingerprint density at radius 3 is 2.31 bits per heavy atom. The fraction of sp³-hybridized carbons (Fsp3) is 0.256. The van der Waals surface area contributed by atoms with E-state index in [2.05, 4.69) is 47.4 Å². The lowest BCUT2D eigenvalue weighted by molar-refractivity contribution is -0.274. The Labute approximate surface area is 347 Å². The number of pyridine rings is 1. The maximum Gasteiger partial charge on any atom is 0.573 e. The third kappa shape index (κ3) is 10.4. The number of amides is 1. The van der Waals surface area contributed by atoms with Gasteiger partial charge in [-0.15, -0.1) is 24.5 Å². The van der Waals surface area contributed by atoms with Gasteiger partial charge in [-0.25, -0.2) is 15.0 Å². The van der Waals surface area contributed by atoms with Crippen molar-refractivity contribution in [3.8, 4) is 5.75 Å². The summed E-state index contributed by atoms with van der Waals surface area (Å²) < 4.78 is 44.0. The molecule has 8 rings (SSSR count). The number of carbonyl (C=O) groups is 1. The molecule has 1 fully saturated rings. The van der Waals surface area contributed by atoms with Gasteiger partial charge in [-0.2, -0.15) is 0 Å². The highest BCUT2D eigenvalue weighted by Crippen LogP contribution is 2.33. The van der Waals surface area contributed by atoms with Gasteiger partial charge in [0.2, 0.25) is 0 Å². The molecule has 7 aromatic rings. The van der Waals surface area contributed by atoms with Crippen LogP contribution in [0.5, 0.6) is 5.75 Å². The Kier molecular flexibility index (Phi) is 13.0. The average Bonchev–Trinajstić information content (AvgIpc) is 3.86. The number of imidazole rings is 1. The lowest BCUT2D eigenvalue weighted by Crippen LogP contribution is -2.32. The molecular formula is C43H40Cl2F3N7O2S. The predicted octanol–water partition coefficient (Wildman–Crippen LogP) is 10.8. The molecule has 58 heavy (non-hydrogen) atoms.